The Morgan fingerprint density at radius 2 is 1.54 bits per heavy atom. The van der Waals surface area contributed by atoms with E-state index >= 15 is 0 Å². The molecule has 0 aromatic carbocycles. The van der Waals surface area contributed by atoms with Gasteiger partial charge in [-0.05, 0) is 44.1 Å². The Labute approximate surface area is 144 Å². The molecule has 0 radical (unpaired) electrons. The molecule has 2 aliphatic rings. The summed E-state index contributed by atoms with van der Waals surface area (Å²) in [6, 6.07) is 0. The summed E-state index contributed by atoms with van der Waals surface area (Å²) in [7, 11) is 0.790. The molecule has 2 rings (SSSR count). The quantitative estimate of drug-likeness (QED) is 0.338. The van der Waals surface area contributed by atoms with Crippen molar-refractivity contribution < 1.29 is 23.9 Å². The zero-order valence-electron chi connectivity index (χ0n) is 15.7. The van der Waals surface area contributed by atoms with Crippen molar-refractivity contribution in [1.82, 2.24) is 0 Å². The normalized spacial score (nSPS) is 28.5. The molecule has 0 N–H and O–H groups in total. The molecule has 2 aliphatic carbocycles. The number of ketones is 1. The lowest BCUT2D eigenvalue weighted by molar-refractivity contribution is -0.169. The summed E-state index contributed by atoms with van der Waals surface area (Å²) >= 11 is 0. The maximum atomic E-state index is 13.0. The van der Waals surface area contributed by atoms with Crippen LogP contribution in [0.1, 0.15) is 26.7 Å². The number of carbonyl (C=O) groups is 3. The third kappa shape index (κ3) is 2.64. The molecule has 0 saturated heterocycles. The molecule has 0 heterocycles. The second-order valence-electron chi connectivity index (χ2n) is 8.37. The van der Waals surface area contributed by atoms with Crippen LogP contribution >= 0.6 is 0 Å². The zero-order chi connectivity index (χ0) is 18.4. The second kappa shape index (κ2) is 6.13. The first-order valence-electron chi connectivity index (χ1n) is 8.39. The van der Waals surface area contributed by atoms with Gasteiger partial charge in [-0.2, -0.15) is 0 Å². The number of hydrogen-bond acceptors (Lipinski definition) is 5. The van der Waals surface area contributed by atoms with Crippen LogP contribution in [0.15, 0.2) is 11.1 Å². The average Bonchev–Trinajstić information content (AvgIpc) is 2.96. The van der Waals surface area contributed by atoms with Crippen LogP contribution in [0.5, 0.6) is 0 Å². The van der Waals surface area contributed by atoms with E-state index in [0.29, 0.717) is 12.8 Å². The maximum Gasteiger partial charge on any atom is 0.323 e. The van der Waals surface area contributed by atoms with Gasteiger partial charge in [-0.25, -0.2) is 0 Å². The lowest BCUT2D eigenvalue weighted by Crippen LogP contribution is -2.41. The molecule has 2 fully saturated rings. The SMILES string of the molecule is COC(=O)C1(C(=O)OC)C[C@@H]2[C@H]([Si](C)(C)C)C(=O)C(=C(C)C)[C@@H]2C1. The first-order chi connectivity index (χ1) is 11.0. The zero-order valence-corrected chi connectivity index (χ0v) is 16.7. The minimum Gasteiger partial charge on any atom is -0.468 e. The second-order valence-corrected chi connectivity index (χ2v) is 13.7. The summed E-state index contributed by atoms with van der Waals surface area (Å²) < 4.78 is 9.88. The molecule has 0 aliphatic heterocycles. The molecular weight excluding hydrogens is 324 g/mol. The van der Waals surface area contributed by atoms with Crippen LogP contribution in [0, 0.1) is 17.3 Å². The van der Waals surface area contributed by atoms with E-state index < -0.39 is 25.4 Å². The summed E-state index contributed by atoms with van der Waals surface area (Å²) in [6.45, 7) is 10.4. The van der Waals surface area contributed by atoms with Crippen molar-refractivity contribution in [2.24, 2.45) is 17.3 Å². The fourth-order valence-electron chi connectivity index (χ4n) is 4.83. The monoisotopic (exact) mass is 352 g/mol. The number of esters is 2. The predicted molar refractivity (Wildman–Crippen MR) is 93.2 cm³/mol. The van der Waals surface area contributed by atoms with Crippen LogP contribution in [0.2, 0.25) is 25.2 Å². The predicted octanol–water partition coefficient (Wildman–Crippen LogP) is 2.97. The van der Waals surface area contributed by atoms with Crippen molar-refractivity contribution in [3.05, 3.63) is 11.1 Å². The summed E-state index contributed by atoms with van der Waals surface area (Å²) in [5.74, 6) is -0.894. The van der Waals surface area contributed by atoms with E-state index in [1.165, 1.54) is 14.2 Å². The van der Waals surface area contributed by atoms with Gasteiger partial charge >= 0.3 is 11.9 Å². The van der Waals surface area contributed by atoms with Crippen molar-refractivity contribution >= 4 is 25.8 Å². The van der Waals surface area contributed by atoms with E-state index in [1.807, 2.05) is 13.8 Å². The molecule has 24 heavy (non-hydrogen) atoms. The van der Waals surface area contributed by atoms with Gasteiger partial charge in [0.2, 0.25) is 0 Å². The van der Waals surface area contributed by atoms with Crippen LogP contribution in [0.25, 0.3) is 0 Å². The number of Topliss-reactive ketones (excluding diaryl/α,β-unsaturated/α-hetero) is 1. The Morgan fingerprint density at radius 3 is 1.92 bits per heavy atom. The molecule has 3 atom stereocenters. The lowest BCUT2D eigenvalue weighted by atomic mass is 9.82. The molecule has 5 nitrogen and oxygen atoms in total. The molecule has 0 aromatic heterocycles. The van der Waals surface area contributed by atoms with Crippen LogP contribution in [0.4, 0.5) is 0 Å². The van der Waals surface area contributed by atoms with Gasteiger partial charge in [-0.3, -0.25) is 14.4 Å². The van der Waals surface area contributed by atoms with Gasteiger partial charge in [0, 0.05) is 5.54 Å². The van der Waals surface area contributed by atoms with Crippen molar-refractivity contribution in [2.75, 3.05) is 14.2 Å². The number of methoxy groups -OCH3 is 2. The topological polar surface area (TPSA) is 69.7 Å². The van der Waals surface area contributed by atoms with Gasteiger partial charge in [-0.15, -0.1) is 0 Å². The molecule has 6 heteroatoms. The van der Waals surface area contributed by atoms with Crippen molar-refractivity contribution in [1.29, 1.82) is 0 Å². The van der Waals surface area contributed by atoms with Crippen LogP contribution < -0.4 is 0 Å². The van der Waals surface area contributed by atoms with Crippen LogP contribution in [-0.2, 0) is 23.9 Å². The first-order valence-corrected chi connectivity index (χ1v) is 12.0. The lowest BCUT2D eigenvalue weighted by Gasteiger charge is -2.30. The number of hydrogen-bond donors (Lipinski definition) is 0. The number of carbonyl (C=O) groups excluding carboxylic acids is 3. The third-order valence-corrected chi connectivity index (χ3v) is 8.20. The smallest absolute Gasteiger partial charge is 0.323 e. The van der Waals surface area contributed by atoms with Gasteiger partial charge in [0.15, 0.2) is 11.2 Å². The average molecular weight is 353 g/mol. The van der Waals surface area contributed by atoms with Gasteiger partial charge in [-0.1, -0.05) is 25.2 Å². The van der Waals surface area contributed by atoms with Gasteiger partial charge in [0.25, 0.3) is 0 Å². The summed E-state index contributed by atoms with van der Waals surface area (Å²) in [5, 5.41) is 0. The molecule has 0 bridgehead atoms. The summed E-state index contributed by atoms with van der Waals surface area (Å²) in [4.78, 5) is 38.0. The summed E-state index contributed by atoms with van der Waals surface area (Å²) in [6.07, 6.45) is 0.652. The molecular formula is C18H28O5Si. The minimum atomic E-state index is -1.80. The Balaban J connectivity index is 2.57. The highest BCUT2D eigenvalue weighted by Gasteiger charge is 2.65. The molecule has 0 spiro atoms. The standard InChI is InChI=1S/C18H28O5Si/c1-10(2)13-11-8-18(16(20)22-3,17(21)23-4)9-12(11)15(14(13)19)24(5,6)7/h11-12,15H,8-9H2,1-7H3/t11-,12+,15+/m1/s1. The Bertz CT molecular complexity index is 593. The largest absolute Gasteiger partial charge is 0.468 e. The molecule has 2 saturated carbocycles. The van der Waals surface area contributed by atoms with Crippen molar-refractivity contribution in [3.63, 3.8) is 0 Å². The first kappa shape index (κ1) is 18.9. The number of ether oxygens (including phenoxy) is 2. The third-order valence-electron chi connectivity index (χ3n) is 5.64. The van der Waals surface area contributed by atoms with Crippen molar-refractivity contribution in [2.45, 2.75) is 51.9 Å². The van der Waals surface area contributed by atoms with E-state index in [4.69, 9.17) is 9.47 Å². The highest BCUT2D eigenvalue weighted by molar-refractivity contribution is 6.81. The number of rotatable bonds is 3. The number of fused-ring (bicyclic) bond motifs is 1. The maximum absolute atomic E-state index is 13.0. The van der Waals surface area contributed by atoms with Gasteiger partial charge in [0.1, 0.15) is 0 Å². The van der Waals surface area contributed by atoms with E-state index in [0.717, 1.165) is 11.1 Å². The van der Waals surface area contributed by atoms with Crippen LogP contribution in [-0.4, -0.2) is 40.0 Å². The molecule has 0 unspecified atom stereocenters. The number of allylic oxidation sites excluding steroid dienone is 2. The minimum absolute atomic E-state index is 0.0206. The highest BCUT2D eigenvalue weighted by Crippen LogP contribution is 2.61. The van der Waals surface area contributed by atoms with E-state index in [9.17, 15) is 14.4 Å². The molecule has 0 aromatic rings. The fraction of sp³-hybridized carbons (Fsp3) is 0.722. The van der Waals surface area contributed by atoms with Crippen molar-refractivity contribution in [3.8, 4) is 0 Å². The summed E-state index contributed by atoms with van der Waals surface area (Å²) in [5.41, 5.74) is 0.463. The Kier molecular flexibility index (Phi) is 4.83. The van der Waals surface area contributed by atoms with Gasteiger partial charge < -0.3 is 9.47 Å². The Morgan fingerprint density at radius 1 is 1.04 bits per heavy atom. The molecule has 134 valence electrons. The molecule has 0 amide bonds. The Hall–Kier alpha value is -1.43. The van der Waals surface area contributed by atoms with Crippen LogP contribution in [0.3, 0.4) is 0 Å². The van der Waals surface area contributed by atoms with E-state index in [1.54, 1.807) is 0 Å². The fourth-order valence-corrected chi connectivity index (χ4v) is 7.40. The highest BCUT2D eigenvalue weighted by atomic mass is 28.3. The van der Waals surface area contributed by atoms with Gasteiger partial charge in [0.05, 0.1) is 22.3 Å². The van der Waals surface area contributed by atoms with E-state index in [2.05, 4.69) is 19.6 Å². The van der Waals surface area contributed by atoms with E-state index in [-0.39, 0.29) is 23.2 Å².